The van der Waals surface area contributed by atoms with E-state index in [-0.39, 0.29) is 23.8 Å². The lowest BCUT2D eigenvalue weighted by Crippen LogP contribution is -2.54. The van der Waals surface area contributed by atoms with Crippen LogP contribution in [-0.2, 0) is 26.2 Å². The van der Waals surface area contributed by atoms with Gasteiger partial charge in [-0.3, -0.25) is 24.0 Å². The molecule has 10 nitrogen and oxygen atoms in total. The molecule has 2 amide bonds. The van der Waals surface area contributed by atoms with Crippen LogP contribution in [0.1, 0.15) is 44.4 Å². The Morgan fingerprint density at radius 3 is 2.17 bits per heavy atom. The molecule has 0 radical (unpaired) electrons. The Kier molecular flexibility index (Phi) is 8.84. The Bertz CT molecular complexity index is 1240. The number of nitrogens with zero attached hydrogens (tertiary/aromatic N) is 3. The van der Waals surface area contributed by atoms with Crippen LogP contribution in [0.25, 0.3) is 0 Å². The summed E-state index contributed by atoms with van der Waals surface area (Å²) in [5, 5.41) is 14.1. The highest BCUT2D eigenvalue weighted by atomic mass is 32.2. The molecule has 0 aliphatic carbocycles. The minimum absolute atomic E-state index is 0.0298. The van der Waals surface area contributed by atoms with Crippen molar-refractivity contribution >= 4 is 33.2 Å². The second-order valence-electron chi connectivity index (χ2n) is 9.92. The molecule has 1 atom stereocenters. The number of nitro benzene ring substituents is 1. The summed E-state index contributed by atoms with van der Waals surface area (Å²) in [7, 11) is -4.00. The lowest BCUT2D eigenvalue weighted by molar-refractivity contribution is -0.384. The van der Waals surface area contributed by atoms with E-state index in [4.69, 9.17) is 0 Å². The SMILES string of the molecule is Cc1ccc(CN(C(=O)CN(c2cc([N+](=O)[O-])ccc2C)S(C)(=O)=O)C(C)C(=O)NC(C)(C)C)cc1. The van der Waals surface area contributed by atoms with Crippen LogP contribution in [0.15, 0.2) is 42.5 Å². The van der Waals surface area contributed by atoms with E-state index >= 15 is 0 Å². The van der Waals surface area contributed by atoms with Crippen molar-refractivity contribution in [2.45, 2.75) is 59.7 Å². The minimum atomic E-state index is -4.00. The van der Waals surface area contributed by atoms with Gasteiger partial charge in [-0.2, -0.15) is 0 Å². The lowest BCUT2D eigenvalue weighted by atomic mass is 10.1. The number of hydrogen-bond donors (Lipinski definition) is 1. The molecule has 0 bridgehead atoms. The third kappa shape index (κ3) is 7.77. The average molecular weight is 519 g/mol. The van der Waals surface area contributed by atoms with Gasteiger partial charge >= 0.3 is 0 Å². The maximum Gasteiger partial charge on any atom is 0.271 e. The van der Waals surface area contributed by atoms with E-state index in [1.54, 1.807) is 13.8 Å². The topological polar surface area (TPSA) is 130 Å². The number of non-ortho nitro benzene ring substituents is 1. The zero-order chi connectivity index (χ0) is 27.4. The molecule has 0 heterocycles. The first-order valence-electron chi connectivity index (χ1n) is 11.4. The highest BCUT2D eigenvalue weighted by Crippen LogP contribution is 2.28. The van der Waals surface area contributed by atoms with E-state index in [9.17, 15) is 28.1 Å². The van der Waals surface area contributed by atoms with Crippen molar-refractivity contribution < 1.29 is 22.9 Å². The van der Waals surface area contributed by atoms with Gasteiger partial charge in [0.25, 0.3) is 5.69 Å². The summed E-state index contributed by atoms with van der Waals surface area (Å²) in [6.45, 7) is 10.0. The predicted molar refractivity (Wildman–Crippen MR) is 139 cm³/mol. The Labute approximate surface area is 212 Å². The maximum atomic E-state index is 13.6. The molecule has 2 aromatic carbocycles. The second-order valence-corrected chi connectivity index (χ2v) is 11.8. The molecule has 196 valence electrons. The third-order valence-corrected chi connectivity index (χ3v) is 6.62. The Balaban J connectivity index is 2.49. The standard InChI is InChI=1S/C25H34N4O6S/c1-17-8-11-20(12-9-17)15-27(19(3)24(31)26-25(4,5)6)23(30)16-28(36(7,34)35)22-14-21(29(32)33)13-10-18(22)2/h8-14,19H,15-16H2,1-7H3,(H,26,31). The summed E-state index contributed by atoms with van der Waals surface area (Å²) in [5.41, 5.74) is 1.43. The van der Waals surface area contributed by atoms with Crippen molar-refractivity contribution in [3.63, 3.8) is 0 Å². The predicted octanol–water partition coefficient (Wildman–Crippen LogP) is 3.31. The number of carbonyl (C=O) groups is 2. The second kappa shape index (κ2) is 11.1. The lowest BCUT2D eigenvalue weighted by Gasteiger charge is -2.33. The van der Waals surface area contributed by atoms with Crippen molar-refractivity contribution in [2.75, 3.05) is 17.1 Å². The summed E-state index contributed by atoms with van der Waals surface area (Å²) >= 11 is 0. The average Bonchev–Trinajstić information content (AvgIpc) is 2.75. The van der Waals surface area contributed by atoms with Crippen LogP contribution < -0.4 is 9.62 Å². The van der Waals surface area contributed by atoms with E-state index in [1.165, 1.54) is 17.0 Å². The molecule has 36 heavy (non-hydrogen) atoms. The number of benzene rings is 2. The summed E-state index contributed by atoms with van der Waals surface area (Å²) in [4.78, 5) is 38.5. The molecule has 11 heteroatoms. The summed E-state index contributed by atoms with van der Waals surface area (Å²) in [5.74, 6) is -1.01. The van der Waals surface area contributed by atoms with E-state index in [2.05, 4.69) is 5.32 Å². The smallest absolute Gasteiger partial charge is 0.271 e. The molecule has 0 saturated carbocycles. The maximum absolute atomic E-state index is 13.6. The normalized spacial score (nSPS) is 12.5. The van der Waals surface area contributed by atoms with Gasteiger partial charge < -0.3 is 10.2 Å². The molecular weight excluding hydrogens is 484 g/mol. The van der Waals surface area contributed by atoms with Crippen LogP contribution in [-0.4, -0.2) is 54.4 Å². The third-order valence-electron chi connectivity index (χ3n) is 5.49. The quantitative estimate of drug-likeness (QED) is 0.400. The molecule has 0 aromatic heterocycles. The van der Waals surface area contributed by atoms with Gasteiger partial charge in [0.15, 0.2) is 0 Å². The summed E-state index contributed by atoms with van der Waals surface area (Å²) in [6, 6.07) is 10.4. The fourth-order valence-electron chi connectivity index (χ4n) is 3.52. The van der Waals surface area contributed by atoms with Crippen molar-refractivity contribution in [1.82, 2.24) is 10.2 Å². The van der Waals surface area contributed by atoms with Crippen LogP contribution in [0, 0.1) is 24.0 Å². The highest BCUT2D eigenvalue weighted by molar-refractivity contribution is 7.92. The van der Waals surface area contributed by atoms with Crippen molar-refractivity contribution in [2.24, 2.45) is 0 Å². The van der Waals surface area contributed by atoms with Crippen molar-refractivity contribution in [1.29, 1.82) is 0 Å². The van der Waals surface area contributed by atoms with Crippen LogP contribution in [0.3, 0.4) is 0 Å². The Hall–Kier alpha value is -3.47. The molecule has 0 saturated heterocycles. The Morgan fingerprint density at radius 1 is 1.08 bits per heavy atom. The number of sulfonamides is 1. The van der Waals surface area contributed by atoms with Gasteiger partial charge in [0.1, 0.15) is 12.6 Å². The van der Waals surface area contributed by atoms with Crippen molar-refractivity contribution in [3.8, 4) is 0 Å². The van der Waals surface area contributed by atoms with Crippen LogP contribution >= 0.6 is 0 Å². The monoisotopic (exact) mass is 518 g/mol. The number of carbonyl (C=O) groups excluding carboxylic acids is 2. The van der Waals surface area contributed by atoms with Gasteiger partial charge in [0, 0.05) is 24.2 Å². The van der Waals surface area contributed by atoms with Crippen LogP contribution in [0.5, 0.6) is 0 Å². The first kappa shape index (κ1) is 28.8. The molecule has 1 unspecified atom stereocenters. The number of nitro groups is 1. The fraction of sp³-hybridized carbons (Fsp3) is 0.440. The molecular formula is C25H34N4O6S. The van der Waals surface area contributed by atoms with Gasteiger partial charge in [0.05, 0.1) is 16.9 Å². The van der Waals surface area contributed by atoms with Gasteiger partial charge in [-0.05, 0) is 52.7 Å². The van der Waals surface area contributed by atoms with Gasteiger partial charge in [0.2, 0.25) is 21.8 Å². The van der Waals surface area contributed by atoms with E-state index in [0.29, 0.717) is 5.56 Å². The summed E-state index contributed by atoms with van der Waals surface area (Å²) < 4.78 is 26.3. The van der Waals surface area contributed by atoms with Crippen LogP contribution in [0.2, 0.25) is 0 Å². The number of rotatable bonds is 9. The van der Waals surface area contributed by atoms with E-state index in [1.807, 2.05) is 52.0 Å². The minimum Gasteiger partial charge on any atom is -0.350 e. The molecule has 0 spiro atoms. The number of nitrogens with one attached hydrogen (secondary N) is 1. The molecule has 0 fully saturated rings. The van der Waals surface area contributed by atoms with Gasteiger partial charge in [-0.1, -0.05) is 35.9 Å². The Morgan fingerprint density at radius 2 is 1.67 bits per heavy atom. The number of hydrogen-bond acceptors (Lipinski definition) is 6. The first-order chi connectivity index (χ1) is 16.5. The summed E-state index contributed by atoms with van der Waals surface area (Å²) in [6.07, 6.45) is 0.929. The zero-order valence-corrected chi connectivity index (χ0v) is 22.5. The van der Waals surface area contributed by atoms with E-state index < -0.39 is 39.0 Å². The fourth-order valence-corrected chi connectivity index (χ4v) is 4.42. The zero-order valence-electron chi connectivity index (χ0n) is 21.7. The number of anilines is 1. The van der Waals surface area contributed by atoms with Crippen molar-refractivity contribution in [3.05, 3.63) is 69.3 Å². The molecule has 1 N–H and O–H groups in total. The molecule has 2 aromatic rings. The molecule has 0 aliphatic heterocycles. The van der Waals surface area contributed by atoms with Crippen LogP contribution in [0.4, 0.5) is 11.4 Å². The largest absolute Gasteiger partial charge is 0.350 e. The number of aryl methyl sites for hydroxylation is 2. The first-order valence-corrected chi connectivity index (χ1v) is 13.2. The molecule has 2 rings (SSSR count). The highest BCUT2D eigenvalue weighted by Gasteiger charge is 2.32. The number of amides is 2. The molecule has 0 aliphatic rings. The van der Waals surface area contributed by atoms with E-state index in [0.717, 1.165) is 27.8 Å². The van der Waals surface area contributed by atoms with Gasteiger partial charge in [-0.25, -0.2) is 8.42 Å². The van der Waals surface area contributed by atoms with Gasteiger partial charge in [-0.15, -0.1) is 0 Å².